The first-order valence-corrected chi connectivity index (χ1v) is 4.85. The molecular formula is C11H12N2O2. The Hall–Kier alpha value is -1.84. The molecule has 1 aliphatic heterocycles. The van der Waals surface area contributed by atoms with Crippen LogP contribution >= 0.6 is 0 Å². The number of carbonyl (C=O) groups excluding carboxylic acids is 2. The molecule has 1 amide bonds. The van der Waals surface area contributed by atoms with Crippen LogP contribution in [0.5, 0.6) is 0 Å². The Kier molecular flexibility index (Phi) is 2.41. The number of ketones is 1. The molecule has 4 heteroatoms. The lowest BCUT2D eigenvalue weighted by Gasteiger charge is -2.13. The summed E-state index contributed by atoms with van der Waals surface area (Å²) in [6, 6.07) is 0. The SMILES string of the molecule is C[C@H]1CN(/C=C2\C=CC=CC2=O)NC1=O. The van der Waals surface area contributed by atoms with Crippen molar-refractivity contribution in [1.29, 1.82) is 0 Å². The maximum absolute atomic E-state index is 11.4. The Morgan fingerprint density at radius 2 is 2.13 bits per heavy atom. The van der Waals surface area contributed by atoms with Crippen LogP contribution in [0.4, 0.5) is 0 Å². The van der Waals surface area contributed by atoms with Gasteiger partial charge in [-0.1, -0.05) is 19.1 Å². The van der Waals surface area contributed by atoms with Gasteiger partial charge in [-0.25, -0.2) is 0 Å². The molecule has 4 nitrogen and oxygen atoms in total. The highest BCUT2D eigenvalue weighted by Crippen LogP contribution is 2.12. The van der Waals surface area contributed by atoms with Gasteiger partial charge in [0.2, 0.25) is 5.91 Å². The number of nitrogens with one attached hydrogen (secondary N) is 1. The molecule has 0 radical (unpaired) electrons. The van der Waals surface area contributed by atoms with Crippen molar-refractivity contribution in [2.24, 2.45) is 5.92 Å². The van der Waals surface area contributed by atoms with Gasteiger partial charge in [0.25, 0.3) is 0 Å². The van der Waals surface area contributed by atoms with Crippen molar-refractivity contribution in [2.45, 2.75) is 6.92 Å². The molecule has 1 N–H and O–H groups in total. The molecule has 0 aromatic rings. The smallest absolute Gasteiger partial charge is 0.243 e. The third kappa shape index (κ3) is 1.98. The predicted molar refractivity (Wildman–Crippen MR) is 55.4 cm³/mol. The van der Waals surface area contributed by atoms with Crippen molar-refractivity contribution >= 4 is 11.7 Å². The molecule has 0 bridgehead atoms. The molecule has 1 aliphatic carbocycles. The third-order valence-corrected chi connectivity index (χ3v) is 2.39. The Balaban J connectivity index is 2.11. The van der Waals surface area contributed by atoms with Gasteiger partial charge in [0, 0.05) is 11.8 Å². The van der Waals surface area contributed by atoms with E-state index in [-0.39, 0.29) is 17.6 Å². The first kappa shape index (κ1) is 9.71. The molecule has 0 spiro atoms. The molecule has 1 fully saturated rings. The molecule has 0 aromatic carbocycles. The van der Waals surface area contributed by atoms with Crippen molar-refractivity contribution in [2.75, 3.05) is 6.54 Å². The van der Waals surface area contributed by atoms with Crippen molar-refractivity contribution in [3.05, 3.63) is 36.1 Å². The summed E-state index contributed by atoms with van der Waals surface area (Å²) in [6.07, 6.45) is 8.41. The Labute approximate surface area is 87.9 Å². The fourth-order valence-corrected chi connectivity index (χ4v) is 1.52. The summed E-state index contributed by atoms with van der Waals surface area (Å²) < 4.78 is 0. The second-order valence-corrected chi connectivity index (χ2v) is 3.70. The summed E-state index contributed by atoms with van der Waals surface area (Å²) in [6.45, 7) is 2.46. The summed E-state index contributed by atoms with van der Waals surface area (Å²) in [5, 5.41) is 1.66. The lowest BCUT2D eigenvalue weighted by Crippen LogP contribution is -2.29. The van der Waals surface area contributed by atoms with Gasteiger partial charge in [-0.2, -0.15) is 0 Å². The summed E-state index contributed by atoms with van der Waals surface area (Å²) in [7, 11) is 0. The Morgan fingerprint density at radius 3 is 2.73 bits per heavy atom. The molecule has 1 atom stereocenters. The first-order chi connectivity index (χ1) is 7.16. The van der Waals surface area contributed by atoms with Crippen molar-refractivity contribution in [3.8, 4) is 0 Å². The van der Waals surface area contributed by atoms with Gasteiger partial charge < -0.3 is 0 Å². The summed E-state index contributed by atoms with van der Waals surface area (Å²) >= 11 is 0. The number of hydrazine groups is 1. The molecule has 2 rings (SSSR count). The zero-order valence-corrected chi connectivity index (χ0v) is 8.43. The van der Waals surface area contributed by atoms with E-state index in [1.807, 2.05) is 6.92 Å². The summed E-state index contributed by atoms with van der Waals surface area (Å²) in [5.74, 6) is -0.0685. The monoisotopic (exact) mass is 204 g/mol. The third-order valence-electron chi connectivity index (χ3n) is 2.39. The predicted octanol–water partition coefficient (Wildman–Crippen LogP) is 0.548. The number of carbonyl (C=O) groups is 2. The highest BCUT2D eigenvalue weighted by molar-refractivity contribution is 6.07. The molecule has 0 aromatic heterocycles. The van der Waals surface area contributed by atoms with Crippen molar-refractivity contribution in [3.63, 3.8) is 0 Å². The average molecular weight is 204 g/mol. The van der Waals surface area contributed by atoms with Gasteiger partial charge in [0.05, 0.1) is 12.5 Å². The fraction of sp³-hybridized carbons (Fsp3) is 0.273. The van der Waals surface area contributed by atoms with Gasteiger partial charge in [-0.15, -0.1) is 0 Å². The van der Waals surface area contributed by atoms with Gasteiger partial charge in [-0.3, -0.25) is 20.0 Å². The van der Waals surface area contributed by atoms with Crippen molar-refractivity contribution in [1.82, 2.24) is 10.4 Å². The number of amides is 1. The minimum absolute atomic E-state index is 0.00497. The number of hydrogen-bond donors (Lipinski definition) is 1. The van der Waals surface area contributed by atoms with Crippen LogP contribution in [0.15, 0.2) is 36.1 Å². The lowest BCUT2D eigenvalue weighted by atomic mass is 10.1. The molecule has 78 valence electrons. The number of allylic oxidation sites excluding steroid dienone is 5. The van der Waals surface area contributed by atoms with Crippen LogP contribution in [0, 0.1) is 5.92 Å². The van der Waals surface area contributed by atoms with E-state index in [0.29, 0.717) is 12.1 Å². The molecule has 0 saturated carbocycles. The zero-order chi connectivity index (χ0) is 10.8. The van der Waals surface area contributed by atoms with E-state index in [1.165, 1.54) is 6.08 Å². The van der Waals surface area contributed by atoms with E-state index in [1.54, 1.807) is 29.4 Å². The lowest BCUT2D eigenvalue weighted by molar-refractivity contribution is -0.123. The first-order valence-electron chi connectivity index (χ1n) is 4.85. The van der Waals surface area contributed by atoms with E-state index in [2.05, 4.69) is 5.43 Å². The van der Waals surface area contributed by atoms with E-state index < -0.39 is 0 Å². The molecular weight excluding hydrogens is 192 g/mol. The van der Waals surface area contributed by atoms with Crippen LogP contribution in [0.3, 0.4) is 0 Å². The van der Waals surface area contributed by atoms with Gasteiger partial charge in [-0.05, 0) is 12.2 Å². The second-order valence-electron chi connectivity index (χ2n) is 3.70. The van der Waals surface area contributed by atoms with Crippen LogP contribution < -0.4 is 5.43 Å². The quantitative estimate of drug-likeness (QED) is 0.634. The van der Waals surface area contributed by atoms with E-state index in [0.717, 1.165) is 0 Å². The van der Waals surface area contributed by atoms with Crippen LogP contribution in [-0.4, -0.2) is 23.2 Å². The second kappa shape index (κ2) is 3.73. The highest BCUT2D eigenvalue weighted by Gasteiger charge is 2.25. The van der Waals surface area contributed by atoms with E-state index in [9.17, 15) is 9.59 Å². The minimum Gasteiger partial charge on any atom is -0.291 e. The average Bonchev–Trinajstić information content (AvgIpc) is 2.50. The fourth-order valence-electron chi connectivity index (χ4n) is 1.52. The number of nitrogens with zero attached hydrogens (tertiary/aromatic N) is 1. The van der Waals surface area contributed by atoms with Gasteiger partial charge in [0.1, 0.15) is 0 Å². The van der Waals surface area contributed by atoms with Crippen LogP contribution in [-0.2, 0) is 9.59 Å². The number of rotatable bonds is 1. The van der Waals surface area contributed by atoms with Crippen molar-refractivity contribution < 1.29 is 9.59 Å². The largest absolute Gasteiger partial charge is 0.291 e. The highest BCUT2D eigenvalue weighted by atomic mass is 16.2. The van der Waals surface area contributed by atoms with Crippen LogP contribution in [0.1, 0.15) is 6.92 Å². The number of hydrogen-bond acceptors (Lipinski definition) is 3. The minimum atomic E-state index is -0.0358. The van der Waals surface area contributed by atoms with E-state index >= 15 is 0 Å². The zero-order valence-electron chi connectivity index (χ0n) is 8.43. The van der Waals surface area contributed by atoms with Gasteiger partial charge in [0.15, 0.2) is 5.78 Å². The van der Waals surface area contributed by atoms with Crippen LogP contribution in [0.25, 0.3) is 0 Å². The normalized spacial score (nSPS) is 27.7. The molecule has 1 saturated heterocycles. The molecule has 1 heterocycles. The summed E-state index contributed by atoms with van der Waals surface area (Å²) in [5.41, 5.74) is 3.27. The molecule has 0 unspecified atom stereocenters. The Bertz CT molecular complexity index is 393. The standard InChI is InChI=1S/C11H12N2O2/c1-8-6-13(12-11(8)15)7-9-4-2-3-5-10(9)14/h2-5,7-8H,6H2,1H3,(H,12,15)/b9-7+/t8-/m0/s1. The topological polar surface area (TPSA) is 49.4 Å². The molecule has 2 aliphatic rings. The summed E-state index contributed by atoms with van der Waals surface area (Å²) in [4.78, 5) is 22.6. The maximum Gasteiger partial charge on any atom is 0.243 e. The van der Waals surface area contributed by atoms with E-state index in [4.69, 9.17) is 0 Å². The Morgan fingerprint density at radius 1 is 1.40 bits per heavy atom. The van der Waals surface area contributed by atoms with Crippen LogP contribution in [0.2, 0.25) is 0 Å². The van der Waals surface area contributed by atoms with Gasteiger partial charge >= 0.3 is 0 Å². The molecule has 15 heavy (non-hydrogen) atoms. The maximum atomic E-state index is 11.4.